The number of aromatic nitrogens is 1. The average Bonchev–Trinajstić information content (AvgIpc) is 2.99. The second-order valence-corrected chi connectivity index (χ2v) is 6.74. The van der Waals surface area contributed by atoms with E-state index < -0.39 is 16.7 Å². The highest BCUT2D eigenvalue weighted by Crippen LogP contribution is 2.30. The number of nitrogens with one attached hydrogen (secondary N) is 1. The lowest BCUT2D eigenvalue weighted by Crippen LogP contribution is -2.13. The van der Waals surface area contributed by atoms with Crippen LogP contribution in [-0.2, 0) is 4.74 Å². The van der Waals surface area contributed by atoms with Crippen LogP contribution in [0.1, 0.15) is 38.9 Å². The number of ketones is 1. The fourth-order valence-electron chi connectivity index (χ4n) is 2.96. The van der Waals surface area contributed by atoms with Crippen molar-refractivity contribution in [2.24, 2.45) is 0 Å². The molecule has 3 aromatic rings. The fourth-order valence-corrected chi connectivity index (χ4v) is 3.32. The molecule has 0 atom stereocenters. The van der Waals surface area contributed by atoms with Crippen molar-refractivity contribution < 1.29 is 19.2 Å². The number of fused-ring (bicyclic) bond motifs is 1. The van der Waals surface area contributed by atoms with Crippen LogP contribution in [0.2, 0.25) is 0 Å². The molecule has 8 heteroatoms. The summed E-state index contributed by atoms with van der Waals surface area (Å²) >= 11 is 3.36. The van der Waals surface area contributed by atoms with Gasteiger partial charge >= 0.3 is 5.97 Å². The predicted octanol–water partition coefficient (Wildman–Crippen LogP) is 4.55. The number of benzene rings is 2. The minimum Gasteiger partial charge on any atom is -0.461 e. The number of hydrogen-bond donors (Lipinski definition) is 1. The smallest absolute Gasteiger partial charge is 0.355 e. The summed E-state index contributed by atoms with van der Waals surface area (Å²) in [5.41, 5.74) is 1.01. The Balaban J connectivity index is 2.25. The number of esters is 1. The van der Waals surface area contributed by atoms with Gasteiger partial charge in [0.15, 0.2) is 5.78 Å². The number of nitro benzene ring substituents is 1. The van der Waals surface area contributed by atoms with Gasteiger partial charge in [0.1, 0.15) is 5.69 Å². The molecule has 0 fully saturated rings. The van der Waals surface area contributed by atoms with E-state index in [9.17, 15) is 19.7 Å². The molecule has 0 radical (unpaired) electrons. The summed E-state index contributed by atoms with van der Waals surface area (Å²) < 4.78 is 5.84. The van der Waals surface area contributed by atoms with Crippen LogP contribution in [-0.4, -0.2) is 28.3 Å². The van der Waals surface area contributed by atoms with Crippen molar-refractivity contribution in [3.05, 3.63) is 73.4 Å². The van der Waals surface area contributed by atoms with E-state index in [0.29, 0.717) is 10.9 Å². The van der Waals surface area contributed by atoms with Crippen LogP contribution in [0, 0.1) is 17.0 Å². The van der Waals surface area contributed by atoms with Crippen LogP contribution >= 0.6 is 15.9 Å². The molecule has 0 amide bonds. The van der Waals surface area contributed by atoms with Gasteiger partial charge in [0, 0.05) is 32.6 Å². The van der Waals surface area contributed by atoms with Crippen LogP contribution in [0.15, 0.2) is 40.9 Å². The number of nitrogens with zero attached hydrogens (tertiary/aromatic N) is 1. The van der Waals surface area contributed by atoms with Gasteiger partial charge in [-0.25, -0.2) is 4.79 Å². The standard InChI is InChI=1S/C19H15BrN2O5/c1-3-27-19(24)17-16(13-8-7-11(20)9-14(13)21-17)18(23)12-5-4-6-15(10(12)2)22(25)26/h4-9,21H,3H2,1-2H3. The van der Waals surface area contributed by atoms with Gasteiger partial charge in [-0.2, -0.15) is 0 Å². The first-order valence-corrected chi connectivity index (χ1v) is 8.91. The van der Waals surface area contributed by atoms with Gasteiger partial charge in [-0.1, -0.05) is 34.1 Å². The first kappa shape index (κ1) is 18.8. The van der Waals surface area contributed by atoms with E-state index in [1.54, 1.807) is 25.1 Å². The molecule has 0 spiro atoms. The normalized spacial score (nSPS) is 10.8. The summed E-state index contributed by atoms with van der Waals surface area (Å²) in [4.78, 5) is 39.3. The Morgan fingerprint density at radius 3 is 2.67 bits per heavy atom. The molecule has 0 unspecified atom stereocenters. The second-order valence-electron chi connectivity index (χ2n) is 5.82. The molecule has 0 aliphatic rings. The van der Waals surface area contributed by atoms with Crippen molar-refractivity contribution in [1.82, 2.24) is 4.98 Å². The Kier molecular flexibility index (Phi) is 5.09. The Labute approximate surface area is 162 Å². The molecule has 0 saturated heterocycles. The summed E-state index contributed by atoms with van der Waals surface area (Å²) in [6.45, 7) is 3.34. The number of halogens is 1. The zero-order valence-corrected chi connectivity index (χ0v) is 16.1. The molecular formula is C19H15BrN2O5. The molecule has 27 heavy (non-hydrogen) atoms. The maximum absolute atomic E-state index is 13.3. The fraction of sp³-hybridized carbons (Fsp3) is 0.158. The van der Waals surface area contributed by atoms with Gasteiger partial charge in [0.2, 0.25) is 0 Å². The highest BCUT2D eigenvalue weighted by Gasteiger charge is 2.27. The number of carbonyl (C=O) groups is 2. The Morgan fingerprint density at radius 1 is 1.26 bits per heavy atom. The minimum atomic E-state index is -0.656. The topological polar surface area (TPSA) is 102 Å². The summed E-state index contributed by atoms with van der Waals surface area (Å²) in [5.74, 6) is -1.14. The van der Waals surface area contributed by atoms with Crippen LogP contribution in [0.3, 0.4) is 0 Å². The number of aromatic amines is 1. The van der Waals surface area contributed by atoms with Gasteiger partial charge in [-0.3, -0.25) is 14.9 Å². The van der Waals surface area contributed by atoms with E-state index in [2.05, 4.69) is 20.9 Å². The Morgan fingerprint density at radius 2 is 2.00 bits per heavy atom. The number of rotatable bonds is 5. The van der Waals surface area contributed by atoms with Gasteiger partial charge in [0.25, 0.3) is 5.69 Å². The lowest BCUT2D eigenvalue weighted by atomic mass is 9.96. The first-order valence-electron chi connectivity index (χ1n) is 8.12. The molecule has 2 aromatic carbocycles. The molecule has 1 aromatic heterocycles. The predicted molar refractivity (Wildman–Crippen MR) is 103 cm³/mol. The van der Waals surface area contributed by atoms with E-state index >= 15 is 0 Å². The van der Waals surface area contributed by atoms with Crippen molar-refractivity contribution in [3.8, 4) is 0 Å². The summed E-state index contributed by atoms with van der Waals surface area (Å²) in [6, 6.07) is 9.51. The van der Waals surface area contributed by atoms with Crippen LogP contribution < -0.4 is 0 Å². The largest absolute Gasteiger partial charge is 0.461 e. The zero-order valence-electron chi connectivity index (χ0n) is 14.5. The second kappa shape index (κ2) is 7.32. The Bertz CT molecular complexity index is 1090. The quantitative estimate of drug-likeness (QED) is 0.276. The molecule has 7 nitrogen and oxygen atoms in total. The zero-order chi connectivity index (χ0) is 19.7. The van der Waals surface area contributed by atoms with Gasteiger partial charge in [-0.05, 0) is 26.0 Å². The van der Waals surface area contributed by atoms with Crippen molar-refractivity contribution >= 4 is 44.3 Å². The van der Waals surface area contributed by atoms with Gasteiger partial charge < -0.3 is 9.72 Å². The summed E-state index contributed by atoms with van der Waals surface area (Å²) in [5, 5.41) is 11.7. The maximum Gasteiger partial charge on any atom is 0.355 e. The van der Waals surface area contributed by atoms with E-state index in [4.69, 9.17) is 4.74 Å². The molecule has 1 N–H and O–H groups in total. The van der Waals surface area contributed by atoms with Crippen molar-refractivity contribution in [2.45, 2.75) is 13.8 Å². The first-order chi connectivity index (χ1) is 12.8. The molecule has 0 saturated carbocycles. The number of carbonyl (C=O) groups excluding carboxylic acids is 2. The van der Waals surface area contributed by atoms with Crippen LogP contribution in [0.25, 0.3) is 10.9 Å². The molecule has 138 valence electrons. The molecule has 0 aliphatic heterocycles. The molecule has 0 aliphatic carbocycles. The maximum atomic E-state index is 13.3. The molecule has 1 heterocycles. The van der Waals surface area contributed by atoms with E-state index in [0.717, 1.165) is 4.47 Å². The lowest BCUT2D eigenvalue weighted by molar-refractivity contribution is -0.385. The minimum absolute atomic E-state index is 0.0286. The van der Waals surface area contributed by atoms with Crippen LogP contribution in [0.5, 0.6) is 0 Å². The third-order valence-electron chi connectivity index (χ3n) is 4.21. The van der Waals surface area contributed by atoms with Gasteiger partial charge in [0.05, 0.1) is 17.1 Å². The molecule has 3 rings (SSSR count). The highest BCUT2D eigenvalue weighted by molar-refractivity contribution is 9.10. The number of ether oxygens (including phenoxy) is 1. The third kappa shape index (κ3) is 3.35. The number of H-pyrrole nitrogens is 1. The number of nitro groups is 1. The van der Waals surface area contributed by atoms with E-state index in [1.165, 1.54) is 25.1 Å². The molecule has 0 bridgehead atoms. The molecular weight excluding hydrogens is 416 g/mol. The Hall–Kier alpha value is -3.00. The van der Waals surface area contributed by atoms with Crippen molar-refractivity contribution in [3.63, 3.8) is 0 Å². The third-order valence-corrected chi connectivity index (χ3v) is 4.71. The highest BCUT2D eigenvalue weighted by atomic mass is 79.9. The monoisotopic (exact) mass is 430 g/mol. The summed E-state index contributed by atoms with van der Waals surface area (Å²) in [6.07, 6.45) is 0. The average molecular weight is 431 g/mol. The van der Waals surface area contributed by atoms with Crippen molar-refractivity contribution in [1.29, 1.82) is 0 Å². The summed E-state index contributed by atoms with van der Waals surface area (Å²) in [7, 11) is 0. The van der Waals surface area contributed by atoms with E-state index in [1.807, 2.05) is 0 Å². The van der Waals surface area contributed by atoms with Crippen molar-refractivity contribution in [2.75, 3.05) is 6.61 Å². The van der Waals surface area contributed by atoms with Gasteiger partial charge in [-0.15, -0.1) is 0 Å². The lowest BCUT2D eigenvalue weighted by Gasteiger charge is -2.07. The number of hydrogen-bond acceptors (Lipinski definition) is 5. The van der Waals surface area contributed by atoms with E-state index in [-0.39, 0.29) is 34.7 Å². The van der Waals surface area contributed by atoms with Crippen LogP contribution in [0.4, 0.5) is 5.69 Å². The SMILES string of the molecule is CCOC(=O)c1[nH]c2cc(Br)ccc2c1C(=O)c1cccc([N+](=O)[O-])c1C.